The van der Waals surface area contributed by atoms with Crippen molar-refractivity contribution < 1.29 is 121 Å². The van der Waals surface area contributed by atoms with Crippen LogP contribution < -0.4 is 5.32 Å². The maximum atomic E-state index is 12.1. The summed E-state index contributed by atoms with van der Waals surface area (Å²) in [5, 5.41) is 127. The zero-order chi connectivity index (χ0) is 39.7. The number of hydrogen-bond donors (Lipinski definition) is 14. The molecule has 0 spiro atoms. The number of carbonyl (C=O) groups excluding carboxylic acids is 1. The first-order valence-electron chi connectivity index (χ1n) is 15.7. The Morgan fingerprint density at radius 3 is 1.66 bits per heavy atom. The largest absolute Gasteiger partial charge is 0.479 e. The normalized spacial score (nSPS) is 46.8. The molecular formula is C26H43NO25S. The first-order chi connectivity index (χ1) is 24.7. The van der Waals surface area contributed by atoms with Gasteiger partial charge in [0.05, 0.1) is 19.8 Å². The van der Waals surface area contributed by atoms with E-state index in [0.29, 0.717) is 0 Å². The molecule has 4 rings (SSSR count). The number of aliphatic carboxylic acids is 1. The SMILES string of the molecule is CC(=O)N[C@H]1[C@H](O[C@@H]2C(O)O[C@H](CO)[C@@H](O)[C@@H]2O)O[C@H](CO)[C@@H](O[C@@H]2O[C@H](CO)[C@H](O)[C@H](O[C@@H]3O[C@H](C(=O)O)[C@@H](O)[C@H](OS(=O)(=O)O)[C@H]3O)[C@H]2O)[C@@H]1O. The topological polar surface area (TPSA) is 417 Å². The summed E-state index contributed by atoms with van der Waals surface area (Å²) < 4.78 is 73.8. The van der Waals surface area contributed by atoms with Gasteiger partial charge in [0.2, 0.25) is 5.91 Å². The Labute approximate surface area is 298 Å². The van der Waals surface area contributed by atoms with Crippen LogP contribution in [0, 0.1) is 0 Å². The lowest BCUT2D eigenvalue weighted by atomic mass is 9.94. The van der Waals surface area contributed by atoms with Crippen molar-refractivity contribution in [1.29, 1.82) is 0 Å². The molecule has 0 aromatic carbocycles. The van der Waals surface area contributed by atoms with Crippen LogP contribution in [-0.4, -0.2) is 229 Å². The highest BCUT2D eigenvalue weighted by molar-refractivity contribution is 7.80. The third-order valence-electron chi connectivity index (χ3n) is 8.78. The highest BCUT2D eigenvalue weighted by atomic mass is 32.3. The molecule has 4 saturated heterocycles. The number of ether oxygens (including phenoxy) is 7. The summed E-state index contributed by atoms with van der Waals surface area (Å²) >= 11 is 0. The second-order valence-corrected chi connectivity index (χ2v) is 13.5. The molecule has 14 N–H and O–H groups in total. The van der Waals surface area contributed by atoms with E-state index in [1.807, 2.05) is 0 Å². The second-order valence-electron chi connectivity index (χ2n) is 12.4. The fraction of sp³-hybridized carbons (Fsp3) is 0.923. The smallest absolute Gasteiger partial charge is 0.397 e. The molecule has 0 aromatic heterocycles. The van der Waals surface area contributed by atoms with Gasteiger partial charge < -0.3 is 99.8 Å². The minimum absolute atomic E-state index is 0.806. The average molecular weight is 802 g/mol. The van der Waals surface area contributed by atoms with E-state index < -0.39 is 165 Å². The lowest BCUT2D eigenvalue weighted by Gasteiger charge is -2.49. The van der Waals surface area contributed by atoms with Gasteiger partial charge in [-0.05, 0) is 0 Å². The fourth-order valence-corrected chi connectivity index (χ4v) is 6.66. The van der Waals surface area contributed by atoms with E-state index in [1.54, 1.807) is 0 Å². The molecule has 4 aliphatic rings. The molecule has 308 valence electrons. The van der Waals surface area contributed by atoms with Gasteiger partial charge in [0.1, 0.15) is 91.5 Å². The molecule has 0 saturated carbocycles. The lowest BCUT2D eigenvalue weighted by Crippen LogP contribution is -2.69. The van der Waals surface area contributed by atoms with Gasteiger partial charge in [0, 0.05) is 6.92 Å². The summed E-state index contributed by atoms with van der Waals surface area (Å²) in [4.78, 5) is 23.8. The monoisotopic (exact) mass is 801 g/mol. The first kappa shape index (κ1) is 43.8. The predicted molar refractivity (Wildman–Crippen MR) is 156 cm³/mol. The van der Waals surface area contributed by atoms with Crippen molar-refractivity contribution in [2.75, 3.05) is 19.8 Å². The van der Waals surface area contributed by atoms with E-state index in [-0.39, 0.29) is 0 Å². The minimum atomic E-state index is -5.44. The van der Waals surface area contributed by atoms with Crippen LogP contribution in [0.2, 0.25) is 0 Å². The summed E-state index contributed by atoms with van der Waals surface area (Å²) in [6.45, 7) is -1.85. The Bertz CT molecular complexity index is 1340. The van der Waals surface area contributed by atoms with E-state index in [9.17, 15) is 79.3 Å². The van der Waals surface area contributed by atoms with Crippen molar-refractivity contribution in [3.8, 4) is 0 Å². The van der Waals surface area contributed by atoms with E-state index in [2.05, 4.69) is 9.50 Å². The molecule has 0 radical (unpaired) electrons. The molecule has 1 unspecified atom stereocenters. The quantitative estimate of drug-likeness (QED) is 0.0769. The summed E-state index contributed by atoms with van der Waals surface area (Å²) in [5.41, 5.74) is 0. The van der Waals surface area contributed by atoms with Crippen molar-refractivity contribution in [3.05, 3.63) is 0 Å². The Morgan fingerprint density at radius 1 is 0.604 bits per heavy atom. The lowest BCUT2D eigenvalue weighted by molar-refractivity contribution is -0.381. The minimum Gasteiger partial charge on any atom is -0.479 e. The van der Waals surface area contributed by atoms with Gasteiger partial charge in [-0.2, -0.15) is 8.42 Å². The van der Waals surface area contributed by atoms with Crippen molar-refractivity contribution >= 4 is 22.3 Å². The first-order valence-corrected chi connectivity index (χ1v) is 17.1. The van der Waals surface area contributed by atoms with E-state index in [4.69, 9.17) is 37.7 Å². The maximum absolute atomic E-state index is 12.1. The molecule has 4 aliphatic heterocycles. The molecule has 26 nitrogen and oxygen atoms in total. The highest BCUT2D eigenvalue weighted by Crippen LogP contribution is 2.34. The number of carbonyl (C=O) groups is 2. The molecule has 0 aromatic rings. The number of nitrogens with one attached hydrogen (secondary N) is 1. The second kappa shape index (κ2) is 17.9. The molecule has 20 atom stereocenters. The summed E-state index contributed by atoms with van der Waals surface area (Å²) in [6.07, 6.45) is -38.6. The zero-order valence-corrected chi connectivity index (χ0v) is 28.1. The number of amides is 1. The number of carboxylic acid groups (broad SMARTS) is 1. The Hall–Kier alpha value is -1.91. The van der Waals surface area contributed by atoms with Gasteiger partial charge in [-0.3, -0.25) is 9.35 Å². The third kappa shape index (κ3) is 9.73. The van der Waals surface area contributed by atoms with Crippen LogP contribution >= 0.6 is 0 Å². The Balaban J connectivity index is 1.57. The fourth-order valence-electron chi connectivity index (χ4n) is 6.15. The Morgan fingerprint density at radius 2 is 1.11 bits per heavy atom. The molecule has 4 fully saturated rings. The van der Waals surface area contributed by atoms with Gasteiger partial charge in [0.15, 0.2) is 31.3 Å². The van der Waals surface area contributed by atoms with Gasteiger partial charge >= 0.3 is 16.4 Å². The molecule has 0 aliphatic carbocycles. The van der Waals surface area contributed by atoms with Crippen LogP contribution in [0.4, 0.5) is 0 Å². The van der Waals surface area contributed by atoms with Gasteiger partial charge in [0.25, 0.3) is 0 Å². The van der Waals surface area contributed by atoms with Gasteiger partial charge in [-0.15, -0.1) is 0 Å². The standard InChI is InChI=1S/C26H43NO25S/c1-5(31)27-9-12(34)17(8(4-30)47-24(9)51-21-13(35)10(32)6(2-28)45-23(21)41)48-25-15(37)18(11(33)7(3-29)46-25)49-26-16(38)19(52-53(42,43)44)14(36)20(50-26)22(39)40/h6-21,23-26,28-30,32-38,41H,2-4H2,1H3,(H,27,31)(H,39,40)(H,42,43,44)/t6-,7-,8-,9-,10-,11+,12-,13+,14+,15-,16-,17-,18+,19+,20+,21+,23?,24+,25+,26-/m1/s1. The van der Waals surface area contributed by atoms with E-state index >= 15 is 0 Å². The van der Waals surface area contributed by atoms with Crippen molar-refractivity contribution in [2.24, 2.45) is 0 Å². The average Bonchev–Trinajstić information content (AvgIpc) is 3.08. The molecule has 53 heavy (non-hydrogen) atoms. The van der Waals surface area contributed by atoms with Gasteiger partial charge in [-0.25, -0.2) is 8.98 Å². The van der Waals surface area contributed by atoms with Crippen molar-refractivity contribution in [3.63, 3.8) is 0 Å². The molecule has 1 amide bonds. The summed E-state index contributed by atoms with van der Waals surface area (Å²) in [5.74, 6) is -2.75. The van der Waals surface area contributed by atoms with Crippen LogP contribution in [0.3, 0.4) is 0 Å². The van der Waals surface area contributed by atoms with E-state index in [0.717, 1.165) is 6.92 Å². The molecule has 4 heterocycles. The number of rotatable bonds is 13. The van der Waals surface area contributed by atoms with Crippen molar-refractivity contribution in [1.82, 2.24) is 5.32 Å². The Kier molecular flexibility index (Phi) is 14.8. The predicted octanol–water partition coefficient (Wildman–Crippen LogP) is -9.69. The number of aliphatic hydroxyl groups excluding tert-OH is 11. The van der Waals surface area contributed by atoms with Crippen LogP contribution in [0.5, 0.6) is 0 Å². The molecule has 27 heteroatoms. The number of carboxylic acids is 1. The van der Waals surface area contributed by atoms with E-state index in [1.165, 1.54) is 0 Å². The van der Waals surface area contributed by atoms with Gasteiger partial charge in [-0.1, -0.05) is 0 Å². The summed E-state index contributed by atoms with van der Waals surface area (Å²) in [7, 11) is -5.44. The van der Waals surface area contributed by atoms with Crippen LogP contribution in [0.25, 0.3) is 0 Å². The zero-order valence-electron chi connectivity index (χ0n) is 27.3. The summed E-state index contributed by atoms with van der Waals surface area (Å²) in [6, 6.07) is -1.69. The van der Waals surface area contributed by atoms with Crippen LogP contribution in [-0.2, 0) is 57.3 Å². The van der Waals surface area contributed by atoms with Crippen LogP contribution in [0.15, 0.2) is 0 Å². The molecular weight excluding hydrogens is 758 g/mol. The molecule has 0 bridgehead atoms. The number of aliphatic hydroxyl groups is 11. The number of hydrogen-bond acceptors (Lipinski definition) is 23. The highest BCUT2D eigenvalue weighted by Gasteiger charge is 2.57. The van der Waals surface area contributed by atoms with Crippen LogP contribution in [0.1, 0.15) is 6.92 Å². The maximum Gasteiger partial charge on any atom is 0.397 e. The van der Waals surface area contributed by atoms with Crippen molar-refractivity contribution in [2.45, 2.75) is 130 Å². The third-order valence-corrected chi connectivity index (χ3v) is 9.25.